The molecule has 0 aliphatic heterocycles. The summed E-state index contributed by atoms with van der Waals surface area (Å²) in [5, 5.41) is 1.99. The van der Waals surface area contributed by atoms with E-state index in [-0.39, 0.29) is 0 Å². The van der Waals surface area contributed by atoms with Crippen LogP contribution in [0.25, 0.3) is 0 Å². The molecule has 0 spiro atoms. The van der Waals surface area contributed by atoms with Crippen LogP contribution in [-0.2, 0) is 17.9 Å². The number of thiazole rings is 1. The highest BCUT2D eigenvalue weighted by Gasteiger charge is 1.97. The molecule has 4 nitrogen and oxygen atoms in total. The molecule has 0 unspecified atom stereocenters. The summed E-state index contributed by atoms with van der Waals surface area (Å²) < 4.78 is 7.05. The highest BCUT2D eigenvalue weighted by molar-refractivity contribution is 7.07. The molecule has 2 aromatic heterocycles. The second-order valence-corrected chi connectivity index (χ2v) is 4.40. The third kappa shape index (κ3) is 3.01. The van der Waals surface area contributed by atoms with Gasteiger partial charge in [0, 0.05) is 24.4 Å². The zero-order chi connectivity index (χ0) is 12.1. The summed E-state index contributed by atoms with van der Waals surface area (Å²) in [7, 11) is 1.67. The smallest absolute Gasteiger partial charge is 0.193 e. The molecule has 17 heavy (non-hydrogen) atoms. The van der Waals surface area contributed by atoms with E-state index in [1.807, 2.05) is 34.3 Å². The number of pyridine rings is 1. The molecule has 90 valence electrons. The summed E-state index contributed by atoms with van der Waals surface area (Å²) in [6.07, 6.45) is 2.88. The summed E-state index contributed by atoms with van der Waals surface area (Å²) >= 11 is 1.57. The monoisotopic (exact) mass is 249 g/mol. The van der Waals surface area contributed by atoms with Gasteiger partial charge in [-0.1, -0.05) is 13.0 Å². The van der Waals surface area contributed by atoms with Crippen molar-refractivity contribution in [2.24, 2.45) is 4.99 Å². The van der Waals surface area contributed by atoms with Crippen LogP contribution in [0.4, 0.5) is 5.82 Å². The molecule has 5 heteroatoms. The van der Waals surface area contributed by atoms with Crippen LogP contribution in [0.2, 0.25) is 0 Å². The first-order valence-corrected chi connectivity index (χ1v) is 6.35. The van der Waals surface area contributed by atoms with Gasteiger partial charge in [-0.2, -0.15) is 0 Å². The molecule has 0 aliphatic rings. The van der Waals surface area contributed by atoms with Crippen molar-refractivity contribution in [1.29, 1.82) is 0 Å². The molecule has 0 atom stereocenters. The predicted molar refractivity (Wildman–Crippen MR) is 68.2 cm³/mol. The van der Waals surface area contributed by atoms with Crippen LogP contribution >= 0.6 is 11.3 Å². The highest BCUT2D eigenvalue weighted by Crippen LogP contribution is 2.08. The standard InChI is InChI=1S/C12H15N3OS/c1-3-10-5-4-6-11(13-10)14-12-15(9-16-2)7-8-17-12/h4-8H,3,9H2,1-2H3. The quantitative estimate of drug-likeness (QED) is 0.834. The molecular formula is C12H15N3OS. The lowest BCUT2D eigenvalue weighted by Crippen LogP contribution is -2.14. The average molecular weight is 249 g/mol. The van der Waals surface area contributed by atoms with E-state index >= 15 is 0 Å². The van der Waals surface area contributed by atoms with Crippen LogP contribution in [0.5, 0.6) is 0 Å². The van der Waals surface area contributed by atoms with Crippen LogP contribution in [0, 0.1) is 0 Å². The minimum absolute atomic E-state index is 0.510. The van der Waals surface area contributed by atoms with Gasteiger partial charge >= 0.3 is 0 Å². The van der Waals surface area contributed by atoms with Gasteiger partial charge in [0.05, 0.1) is 0 Å². The van der Waals surface area contributed by atoms with Gasteiger partial charge < -0.3 is 4.74 Å². The lowest BCUT2D eigenvalue weighted by molar-refractivity contribution is 0.129. The Morgan fingerprint density at radius 3 is 3.12 bits per heavy atom. The zero-order valence-electron chi connectivity index (χ0n) is 9.96. The van der Waals surface area contributed by atoms with Gasteiger partial charge in [0.25, 0.3) is 0 Å². The van der Waals surface area contributed by atoms with Gasteiger partial charge in [-0.15, -0.1) is 11.3 Å². The first kappa shape index (κ1) is 12.0. The van der Waals surface area contributed by atoms with E-state index in [1.165, 1.54) is 0 Å². The van der Waals surface area contributed by atoms with E-state index in [4.69, 9.17) is 4.74 Å². The molecule has 2 heterocycles. The first-order chi connectivity index (χ1) is 8.33. The molecule has 0 saturated heterocycles. The molecule has 0 fully saturated rings. The Kier molecular flexibility index (Phi) is 4.06. The maximum absolute atomic E-state index is 5.10. The fourth-order valence-corrected chi connectivity index (χ4v) is 2.17. The van der Waals surface area contributed by atoms with Gasteiger partial charge in [0.2, 0.25) is 0 Å². The average Bonchev–Trinajstić information content (AvgIpc) is 2.78. The maximum Gasteiger partial charge on any atom is 0.193 e. The number of aryl methyl sites for hydroxylation is 1. The van der Waals surface area contributed by atoms with Crippen molar-refractivity contribution in [2.45, 2.75) is 20.1 Å². The van der Waals surface area contributed by atoms with Crippen molar-refractivity contribution in [3.8, 4) is 0 Å². The topological polar surface area (TPSA) is 39.4 Å². The molecule has 0 aromatic carbocycles. The molecule has 0 N–H and O–H groups in total. The maximum atomic E-state index is 5.10. The van der Waals surface area contributed by atoms with Gasteiger partial charge in [0.15, 0.2) is 10.6 Å². The predicted octanol–water partition coefficient (Wildman–Crippen LogP) is 2.34. The Morgan fingerprint density at radius 2 is 2.35 bits per heavy atom. The SMILES string of the molecule is CCc1cccc(N=c2sccn2COC)n1. The fourth-order valence-electron chi connectivity index (χ4n) is 1.45. The highest BCUT2D eigenvalue weighted by atomic mass is 32.1. The molecule has 0 saturated carbocycles. The molecule has 0 bridgehead atoms. The zero-order valence-corrected chi connectivity index (χ0v) is 10.8. The van der Waals surface area contributed by atoms with Crippen molar-refractivity contribution >= 4 is 17.2 Å². The van der Waals surface area contributed by atoms with Crippen LogP contribution in [0.1, 0.15) is 12.6 Å². The van der Waals surface area contributed by atoms with Gasteiger partial charge in [0.1, 0.15) is 6.73 Å². The van der Waals surface area contributed by atoms with E-state index in [0.29, 0.717) is 6.73 Å². The molecule has 0 aliphatic carbocycles. The van der Waals surface area contributed by atoms with E-state index in [0.717, 1.165) is 22.7 Å². The number of methoxy groups -OCH3 is 1. The van der Waals surface area contributed by atoms with Gasteiger partial charge in [-0.3, -0.25) is 4.57 Å². The minimum Gasteiger partial charge on any atom is -0.364 e. The molecule has 0 amide bonds. The van der Waals surface area contributed by atoms with E-state index in [9.17, 15) is 0 Å². The van der Waals surface area contributed by atoms with Crippen LogP contribution < -0.4 is 4.80 Å². The Hall–Kier alpha value is -1.46. The Balaban J connectivity index is 2.36. The largest absolute Gasteiger partial charge is 0.364 e. The third-order valence-electron chi connectivity index (χ3n) is 2.29. The minimum atomic E-state index is 0.510. The summed E-state index contributed by atoms with van der Waals surface area (Å²) in [6, 6.07) is 5.91. The molecule has 0 radical (unpaired) electrons. The van der Waals surface area contributed by atoms with Crippen molar-refractivity contribution in [3.05, 3.63) is 40.3 Å². The molecule has 2 rings (SSSR count). The fraction of sp³-hybridized carbons (Fsp3) is 0.333. The number of hydrogen-bond donors (Lipinski definition) is 0. The number of rotatable bonds is 4. The third-order valence-corrected chi connectivity index (χ3v) is 3.09. The lowest BCUT2D eigenvalue weighted by Gasteiger charge is -2.00. The Morgan fingerprint density at radius 1 is 1.47 bits per heavy atom. The van der Waals surface area contributed by atoms with Crippen molar-refractivity contribution in [3.63, 3.8) is 0 Å². The van der Waals surface area contributed by atoms with Crippen molar-refractivity contribution in [1.82, 2.24) is 9.55 Å². The van der Waals surface area contributed by atoms with Crippen molar-refractivity contribution in [2.75, 3.05) is 7.11 Å². The summed E-state index contributed by atoms with van der Waals surface area (Å²) in [6.45, 7) is 2.60. The Bertz CT molecular complexity index is 544. The van der Waals surface area contributed by atoms with E-state index in [1.54, 1.807) is 18.4 Å². The summed E-state index contributed by atoms with van der Waals surface area (Å²) in [4.78, 5) is 9.87. The second kappa shape index (κ2) is 5.75. The van der Waals surface area contributed by atoms with Gasteiger partial charge in [-0.25, -0.2) is 9.98 Å². The number of nitrogens with zero attached hydrogens (tertiary/aromatic N) is 3. The summed E-state index contributed by atoms with van der Waals surface area (Å²) in [5.74, 6) is 0.747. The normalized spacial score (nSPS) is 12.0. The van der Waals surface area contributed by atoms with E-state index < -0.39 is 0 Å². The van der Waals surface area contributed by atoms with E-state index in [2.05, 4.69) is 16.9 Å². The second-order valence-electron chi connectivity index (χ2n) is 3.53. The van der Waals surface area contributed by atoms with Crippen LogP contribution in [0.15, 0.2) is 34.8 Å². The molecule has 2 aromatic rings. The number of aromatic nitrogens is 2. The lowest BCUT2D eigenvalue weighted by atomic mass is 10.3. The Labute approximate surface area is 104 Å². The summed E-state index contributed by atoms with van der Waals surface area (Å²) in [5.41, 5.74) is 1.06. The van der Waals surface area contributed by atoms with Crippen LogP contribution in [0.3, 0.4) is 0 Å². The van der Waals surface area contributed by atoms with Gasteiger partial charge in [-0.05, 0) is 18.6 Å². The molecular weight excluding hydrogens is 234 g/mol. The first-order valence-electron chi connectivity index (χ1n) is 5.47. The number of hydrogen-bond acceptors (Lipinski definition) is 4. The van der Waals surface area contributed by atoms with Crippen molar-refractivity contribution < 1.29 is 4.74 Å². The number of ether oxygens (including phenoxy) is 1. The van der Waals surface area contributed by atoms with Crippen LogP contribution in [-0.4, -0.2) is 16.7 Å².